The quantitative estimate of drug-likeness (QED) is 0.0675. The molecule has 0 saturated carbocycles. The summed E-state index contributed by atoms with van der Waals surface area (Å²) in [4.78, 5) is 45.3. The Morgan fingerprint density at radius 3 is 2.63 bits per heavy atom. The third-order valence-corrected chi connectivity index (χ3v) is 5.29. The summed E-state index contributed by atoms with van der Waals surface area (Å²) in [5, 5.41) is 7.22. The van der Waals surface area contributed by atoms with Gasteiger partial charge in [-0.15, -0.1) is 11.3 Å². The molecule has 0 aliphatic carbocycles. The topological polar surface area (TPSA) is 193 Å². The largest absolute Gasteiger partial charge is 1.00 e. The van der Waals surface area contributed by atoms with E-state index >= 15 is 0 Å². The van der Waals surface area contributed by atoms with Gasteiger partial charge >= 0.3 is 35.5 Å². The first kappa shape index (κ1) is 26.3. The zero-order chi connectivity index (χ0) is 21.8. The average Bonchev–Trinajstić information content (AvgIpc) is 3.06. The maximum absolute atomic E-state index is 12.5. The fourth-order valence-corrected chi connectivity index (χ4v) is 3.76. The third kappa shape index (κ3) is 5.89. The second kappa shape index (κ2) is 11.0. The normalized spacial score (nSPS) is 18.8. The monoisotopic (exact) mass is 471 g/mol. The smallest absolute Gasteiger partial charge is 0.731 e. The van der Waals surface area contributed by atoms with Crippen molar-refractivity contribution < 1.29 is 66.5 Å². The van der Waals surface area contributed by atoms with Gasteiger partial charge in [-0.2, -0.15) is 0 Å². The molecule has 2 atom stereocenters. The van der Waals surface area contributed by atoms with E-state index in [0.29, 0.717) is 12.8 Å². The molecule has 0 bridgehead atoms. The molecule has 1 aromatic rings. The van der Waals surface area contributed by atoms with E-state index in [2.05, 4.69) is 20.3 Å². The standard InChI is InChI=1S/C14H19N5O8S2.Na/c1-3-4-5-27-13(22)10-9(12(21)19(10)29(23,24)25)17-11(20)8(18-26-2)7-6-28-14(15)16-7;/h6,9-10H,3-5H2,1-2H3,(H2,15,16)(H,17,20)(H,23,24,25);/q;+1/p-1. The first-order chi connectivity index (χ1) is 13.6. The predicted octanol–water partition coefficient (Wildman–Crippen LogP) is -4.42. The van der Waals surface area contributed by atoms with Crippen LogP contribution in [-0.4, -0.2) is 71.6 Å². The number of nitrogens with zero attached hydrogens (tertiary/aromatic N) is 3. The van der Waals surface area contributed by atoms with Crippen LogP contribution in [-0.2, 0) is 34.3 Å². The molecule has 16 heteroatoms. The molecule has 2 amide bonds. The van der Waals surface area contributed by atoms with Crippen molar-refractivity contribution in [3.05, 3.63) is 11.1 Å². The van der Waals surface area contributed by atoms with Gasteiger partial charge in [-0.1, -0.05) is 18.5 Å². The van der Waals surface area contributed by atoms with Crippen LogP contribution in [0.1, 0.15) is 25.5 Å². The van der Waals surface area contributed by atoms with Gasteiger partial charge in [0.05, 0.1) is 6.61 Å². The maximum atomic E-state index is 12.5. The van der Waals surface area contributed by atoms with Crippen molar-refractivity contribution in [3.63, 3.8) is 0 Å². The number of amides is 2. The number of nitrogens with two attached hydrogens (primary N) is 1. The summed E-state index contributed by atoms with van der Waals surface area (Å²) in [6.45, 7) is 1.79. The van der Waals surface area contributed by atoms with Crippen molar-refractivity contribution in [3.8, 4) is 0 Å². The van der Waals surface area contributed by atoms with Crippen LogP contribution < -0.4 is 40.6 Å². The van der Waals surface area contributed by atoms with Crippen LogP contribution >= 0.6 is 11.3 Å². The molecule has 1 aliphatic heterocycles. The van der Waals surface area contributed by atoms with Crippen LogP contribution in [0, 0.1) is 0 Å². The summed E-state index contributed by atoms with van der Waals surface area (Å²) < 4.78 is 38.7. The van der Waals surface area contributed by atoms with Gasteiger partial charge in [0.15, 0.2) is 27.2 Å². The fourth-order valence-electron chi connectivity index (χ4n) is 2.39. The van der Waals surface area contributed by atoms with Crippen LogP contribution in [0.3, 0.4) is 0 Å². The molecule has 0 radical (unpaired) electrons. The Morgan fingerprint density at radius 1 is 1.47 bits per heavy atom. The fraction of sp³-hybridized carbons (Fsp3) is 0.500. The number of anilines is 1. The Morgan fingerprint density at radius 2 is 2.13 bits per heavy atom. The Hall–Kier alpha value is -1.78. The molecule has 1 aliphatic rings. The van der Waals surface area contributed by atoms with Gasteiger partial charge in [-0.3, -0.25) is 9.59 Å². The maximum Gasteiger partial charge on any atom is 1.00 e. The minimum atomic E-state index is -5.29. The first-order valence-corrected chi connectivity index (χ1v) is 10.4. The molecule has 0 aromatic carbocycles. The Kier molecular flexibility index (Phi) is 9.64. The molecule has 0 spiro atoms. The molecule has 1 saturated heterocycles. The Labute approximate surface area is 198 Å². The van der Waals surface area contributed by atoms with Gasteiger partial charge in [-0.05, 0) is 6.42 Å². The molecule has 2 heterocycles. The summed E-state index contributed by atoms with van der Waals surface area (Å²) in [6, 6.07) is -3.46. The predicted molar refractivity (Wildman–Crippen MR) is 98.2 cm³/mol. The molecular formula is C14H18N5NaO8S2. The number of esters is 1. The van der Waals surface area contributed by atoms with Crippen LogP contribution in [0.15, 0.2) is 10.5 Å². The van der Waals surface area contributed by atoms with E-state index in [0.717, 1.165) is 18.4 Å². The molecule has 13 nitrogen and oxygen atoms in total. The van der Waals surface area contributed by atoms with Crippen molar-refractivity contribution in [2.45, 2.75) is 31.8 Å². The number of β-lactam (4-membered cyclic amide) rings is 1. The van der Waals surface area contributed by atoms with E-state index in [1.165, 1.54) is 5.38 Å². The molecule has 3 N–H and O–H groups in total. The number of carbonyl (C=O) groups is 3. The Balaban J connectivity index is 0.00000450. The van der Waals surface area contributed by atoms with Crippen LogP contribution in [0.4, 0.5) is 5.13 Å². The number of carbonyl (C=O) groups excluding carboxylic acids is 3. The Bertz CT molecular complexity index is 935. The van der Waals surface area contributed by atoms with Crippen molar-refractivity contribution in [1.29, 1.82) is 0 Å². The zero-order valence-corrected chi connectivity index (χ0v) is 20.0. The summed E-state index contributed by atoms with van der Waals surface area (Å²) in [7, 11) is -4.12. The molecule has 2 unspecified atom stereocenters. The number of nitrogens with one attached hydrogen (secondary N) is 1. The molecule has 1 fully saturated rings. The van der Waals surface area contributed by atoms with Gasteiger partial charge in [0, 0.05) is 5.38 Å². The number of nitrogen functional groups attached to an aromatic ring is 1. The number of rotatable bonds is 9. The second-order valence-corrected chi connectivity index (χ2v) is 7.84. The van der Waals surface area contributed by atoms with E-state index in [1.54, 1.807) is 0 Å². The van der Waals surface area contributed by atoms with Gasteiger partial charge in [0.2, 0.25) is 0 Å². The summed E-state index contributed by atoms with van der Waals surface area (Å²) >= 11 is 1.02. The summed E-state index contributed by atoms with van der Waals surface area (Å²) in [5.74, 6) is -3.41. The number of thiazole rings is 1. The minimum Gasteiger partial charge on any atom is -0.731 e. The van der Waals surface area contributed by atoms with Crippen molar-refractivity contribution in [1.82, 2.24) is 14.6 Å². The van der Waals surface area contributed by atoms with Crippen molar-refractivity contribution in [2.24, 2.45) is 5.16 Å². The molecule has 30 heavy (non-hydrogen) atoms. The van der Waals surface area contributed by atoms with Crippen LogP contribution in [0.5, 0.6) is 0 Å². The third-order valence-electron chi connectivity index (χ3n) is 3.73. The molecule has 160 valence electrons. The number of oxime groups is 1. The van der Waals surface area contributed by atoms with Crippen molar-refractivity contribution in [2.75, 3.05) is 19.5 Å². The van der Waals surface area contributed by atoms with Gasteiger partial charge in [-0.25, -0.2) is 22.5 Å². The van der Waals surface area contributed by atoms with E-state index in [9.17, 15) is 27.4 Å². The molecular weight excluding hydrogens is 453 g/mol. The van der Waals surface area contributed by atoms with Crippen molar-refractivity contribution >= 4 is 50.3 Å². The SMILES string of the molecule is CCCCOC(=O)C1C(NC(=O)C(=NOC)c2csc(N)n2)C(=O)N1S(=O)(=O)[O-].[Na+]. The van der Waals surface area contributed by atoms with Crippen LogP contribution in [0.25, 0.3) is 0 Å². The number of unbranched alkanes of at least 4 members (excludes halogenated alkanes) is 1. The van der Waals surface area contributed by atoms with E-state index in [-0.39, 0.29) is 57.0 Å². The van der Waals surface area contributed by atoms with E-state index < -0.39 is 40.2 Å². The van der Waals surface area contributed by atoms with E-state index in [1.807, 2.05) is 6.92 Å². The number of ether oxygens (including phenoxy) is 1. The second-order valence-electron chi connectivity index (χ2n) is 5.70. The number of hydrogen-bond acceptors (Lipinski definition) is 12. The van der Waals surface area contributed by atoms with Gasteiger partial charge in [0.1, 0.15) is 18.8 Å². The minimum absolute atomic E-state index is 0. The molecule has 2 rings (SSSR count). The van der Waals surface area contributed by atoms with Crippen LogP contribution in [0.2, 0.25) is 0 Å². The zero-order valence-electron chi connectivity index (χ0n) is 16.4. The first-order valence-electron chi connectivity index (χ1n) is 8.20. The van der Waals surface area contributed by atoms with Gasteiger partial charge in [0.25, 0.3) is 11.8 Å². The van der Waals surface area contributed by atoms with E-state index in [4.69, 9.17) is 10.5 Å². The number of aromatic nitrogens is 1. The summed E-state index contributed by atoms with van der Waals surface area (Å²) in [5.41, 5.74) is 5.19. The average molecular weight is 471 g/mol. The molecule has 1 aromatic heterocycles. The van der Waals surface area contributed by atoms with Gasteiger partial charge < -0.3 is 25.2 Å². The summed E-state index contributed by atoms with van der Waals surface area (Å²) in [6.07, 6.45) is 1.18. The number of hydrogen-bond donors (Lipinski definition) is 2.